The highest BCUT2D eigenvalue weighted by atomic mass is 32.1. The molecule has 1 aliphatic heterocycles. The Kier molecular flexibility index (Phi) is 5.38. The summed E-state index contributed by atoms with van der Waals surface area (Å²) in [5, 5.41) is 0. The van der Waals surface area contributed by atoms with Gasteiger partial charge in [0.15, 0.2) is 0 Å². The average Bonchev–Trinajstić information content (AvgIpc) is 2.42. The van der Waals surface area contributed by atoms with Crippen LogP contribution in [-0.2, 0) is 0 Å². The summed E-state index contributed by atoms with van der Waals surface area (Å²) in [4.78, 5) is 2.92. The lowest BCUT2D eigenvalue weighted by molar-refractivity contribution is 0.0851. The minimum atomic E-state index is 0.389. The predicted octanol–water partition coefficient (Wildman–Crippen LogP) is 2.96. The van der Waals surface area contributed by atoms with Gasteiger partial charge in [0.1, 0.15) is 17.3 Å². The van der Waals surface area contributed by atoms with Crippen molar-refractivity contribution in [1.29, 1.82) is 0 Å². The van der Waals surface area contributed by atoms with Crippen molar-refractivity contribution in [1.82, 2.24) is 4.90 Å². The van der Waals surface area contributed by atoms with E-state index in [1.54, 1.807) is 0 Å². The van der Waals surface area contributed by atoms with Gasteiger partial charge in [0, 0.05) is 18.6 Å². The van der Waals surface area contributed by atoms with E-state index in [0.29, 0.717) is 23.7 Å². The molecular weight excluding hydrogens is 268 g/mol. The van der Waals surface area contributed by atoms with E-state index in [0.717, 1.165) is 17.9 Å². The number of piperidine rings is 1. The van der Waals surface area contributed by atoms with Crippen molar-refractivity contribution < 1.29 is 4.74 Å². The van der Waals surface area contributed by atoms with E-state index in [-0.39, 0.29) is 0 Å². The zero-order valence-electron chi connectivity index (χ0n) is 12.3. The molecule has 0 radical (unpaired) electrons. The molecular formula is C16H24N2OS. The molecule has 0 saturated carbocycles. The van der Waals surface area contributed by atoms with Crippen LogP contribution in [0.5, 0.6) is 5.75 Å². The molecule has 2 N–H and O–H groups in total. The van der Waals surface area contributed by atoms with Crippen molar-refractivity contribution in [2.45, 2.75) is 45.2 Å². The molecule has 0 aliphatic carbocycles. The first-order chi connectivity index (χ1) is 9.59. The summed E-state index contributed by atoms with van der Waals surface area (Å²) in [6, 6.07) is 9.00. The van der Waals surface area contributed by atoms with Crippen LogP contribution in [0.3, 0.4) is 0 Å². The molecule has 2 atom stereocenters. The predicted molar refractivity (Wildman–Crippen MR) is 87.3 cm³/mol. The summed E-state index contributed by atoms with van der Waals surface area (Å²) in [5.74, 6) is 0.789. The number of para-hydroxylation sites is 1. The van der Waals surface area contributed by atoms with E-state index in [4.69, 9.17) is 22.7 Å². The number of likely N-dealkylation sites (tertiary alicyclic amines) is 1. The molecule has 0 bridgehead atoms. The Morgan fingerprint density at radius 1 is 1.30 bits per heavy atom. The van der Waals surface area contributed by atoms with Crippen molar-refractivity contribution in [2.75, 3.05) is 13.2 Å². The number of ether oxygens (including phenoxy) is 1. The lowest BCUT2D eigenvalue weighted by Gasteiger charge is -2.38. The molecule has 3 nitrogen and oxygen atoms in total. The highest BCUT2D eigenvalue weighted by molar-refractivity contribution is 7.80. The van der Waals surface area contributed by atoms with Crippen molar-refractivity contribution >= 4 is 17.2 Å². The molecule has 0 aromatic heterocycles. The van der Waals surface area contributed by atoms with Gasteiger partial charge in [-0.25, -0.2) is 0 Å². The van der Waals surface area contributed by atoms with Gasteiger partial charge in [-0.3, -0.25) is 4.90 Å². The monoisotopic (exact) mass is 292 g/mol. The van der Waals surface area contributed by atoms with Crippen LogP contribution in [-0.4, -0.2) is 35.1 Å². The summed E-state index contributed by atoms with van der Waals surface area (Å²) in [6.45, 7) is 6.24. The third kappa shape index (κ3) is 3.70. The number of rotatable bonds is 5. The first-order valence-electron chi connectivity index (χ1n) is 7.37. The van der Waals surface area contributed by atoms with Crippen LogP contribution in [0.25, 0.3) is 0 Å². The van der Waals surface area contributed by atoms with Gasteiger partial charge in [-0.05, 0) is 38.8 Å². The molecule has 1 aromatic rings. The Bertz CT molecular complexity index is 454. The first kappa shape index (κ1) is 15.3. The minimum Gasteiger partial charge on any atom is -0.492 e. The zero-order chi connectivity index (χ0) is 14.5. The molecule has 20 heavy (non-hydrogen) atoms. The van der Waals surface area contributed by atoms with Crippen molar-refractivity contribution in [3.05, 3.63) is 29.8 Å². The van der Waals surface area contributed by atoms with Gasteiger partial charge in [-0.15, -0.1) is 0 Å². The fourth-order valence-electron chi connectivity index (χ4n) is 2.97. The Hall–Kier alpha value is -1.13. The number of hydrogen-bond donors (Lipinski definition) is 1. The van der Waals surface area contributed by atoms with Gasteiger partial charge in [0.2, 0.25) is 0 Å². The average molecular weight is 292 g/mol. The normalized spacial score (nSPS) is 23.5. The molecule has 0 spiro atoms. The third-order valence-electron chi connectivity index (χ3n) is 4.14. The second-order valence-electron chi connectivity index (χ2n) is 5.58. The standard InChI is InChI=1S/C16H24N2OS/c1-12-6-5-7-13(2)18(12)10-11-19-15-9-4-3-8-14(15)16(17)20/h3-4,8-9,12-13H,5-7,10-11H2,1-2H3,(H2,17,20)/t12-,13+. The Morgan fingerprint density at radius 2 is 1.95 bits per heavy atom. The van der Waals surface area contributed by atoms with E-state index >= 15 is 0 Å². The van der Waals surface area contributed by atoms with Crippen LogP contribution in [0.4, 0.5) is 0 Å². The van der Waals surface area contributed by atoms with Crippen LogP contribution in [0, 0.1) is 0 Å². The summed E-state index contributed by atoms with van der Waals surface area (Å²) in [6.07, 6.45) is 3.91. The molecule has 110 valence electrons. The Balaban J connectivity index is 1.91. The number of hydrogen-bond acceptors (Lipinski definition) is 3. The molecule has 1 fully saturated rings. The van der Waals surface area contributed by atoms with E-state index in [1.165, 1.54) is 19.3 Å². The zero-order valence-corrected chi connectivity index (χ0v) is 13.2. The smallest absolute Gasteiger partial charge is 0.129 e. The van der Waals surface area contributed by atoms with Crippen LogP contribution < -0.4 is 10.5 Å². The van der Waals surface area contributed by atoms with Crippen LogP contribution in [0.2, 0.25) is 0 Å². The third-order valence-corrected chi connectivity index (χ3v) is 4.36. The van der Waals surface area contributed by atoms with Gasteiger partial charge in [0.25, 0.3) is 0 Å². The molecule has 1 heterocycles. The molecule has 0 unspecified atom stereocenters. The largest absolute Gasteiger partial charge is 0.492 e. The maximum absolute atomic E-state index is 5.89. The fraction of sp³-hybridized carbons (Fsp3) is 0.562. The molecule has 4 heteroatoms. The van der Waals surface area contributed by atoms with Gasteiger partial charge in [-0.2, -0.15) is 0 Å². The van der Waals surface area contributed by atoms with Gasteiger partial charge < -0.3 is 10.5 Å². The first-order valence-corrected chi connectivity index (χ1v) is 7.78. The molecule has 0 amide bonds. The van der Waals surface area contributed by atoms with Crippen LogP contribution >= 0.6 is 12.2 Å². The maximum atomic E-state index is 5.89. The highest BCUT2D eigenvalue weighted by Crippen LogP contribution is 2.22. The number of benzene rings is 1. The number of thiocarbonyl (C=S) groups is 1. The SMILES string of the molecule is C[C@@H]1CCC[C@H](C)N1CCOc1ccccc1C(N)=S. The summed E-state index contributed by atoms with van der Waals surface area (Å²) in [5.41, 5.74) is 6.54. The Morgan fingerprint density at radius 3 is 2.60 bits per heavy atom. The van der Waals surface area contributed by atoms with E-state index in [9.17, 15) is 0 Å². The lowest BCUT2D eigenvalue weighted by Crippen LogP contribution is -2.45. The Labute approximate surface area is 127 Å². The second kappa shape index (κ2) is 7.04. The summed E-state index contributed by atoms with van der Waals surface area (Å²) in [7, 11) is 0. The fourth-order valence-corrected chi connectivity index (χ4v) is 3.14. The van der Waals surface area contributed by atoms with Crippen LogP contribution in [0.15, 0.2) is 24.3 Å². The van der Waals surface area contributed by atoms with E-state index < -0.39 is 0 Å². The van der Waals surface area contributed by atoms with Gasteiger partial charge in [-0.1, -0.05) is 30.8 Å². The molecule has 1 aliphatic rings. The summed E-state index contributed by atoms with van der Waals surface area (Å²) < 4.78 is 5.89. The van der Waals surface area contributed by atoms with Gasteiger partial charge >= 0.3 is 0 Å². The van der Waals surface area contributed by atoms with E-state index in [1.807, 2.05) is 24.3 Å². The van der Waals surface area contributed by atoms with E-state index in [2.05, 4.69) is 18.7 Å². The van der Waals surface area contributed by atoms with Crippen molar-refractivity contribution in [3.63, 3.8) is 0 Å². The molecule has 2 rings (SSSR count). The highest BCUT2D eigenvalue weighted by Gasteiger charge is 2.24. The van der Waals surface area contributed by atoms with Crippen molar-refractivity contribution in [2.24, 2.45) is 5.73 Å². The molecule has 1 aromatic carbocycles. The van der Waals surface area contributed by atoms with Crippen LogP contribution in [0.1, 0.15) is 38.7 Å². The molecule has 1 saturated heterocycles. The maximum Gasteiger partial charge on any atom is 0.129 e. The van der Waals surface area contributed by atoms with Gasteiger partial charge in [0.05, 0.1) is 5.56 Å². The summed E-state index contributed by atoms with van der Waals surface area (Å²) >= 11 is 5.05. The number of nitrogens with zero attached hydrogens (tertiary/aromatic N) is 1. The minimum absolute atomic E-state index is 0.389. The number of nitrogens with two attached hydrogens (primary N) is 1. The topological polar surface area (TPSA) is 38.5 Å². The van der Waals surface area contributed by atoms with Crippen molar-refractivity contribution in [3.8, 4) is 5.75 Å². The quantitative estimate of drug-likeness (QED) is 0.847. The second-order valence-corrected chi connectivity index (χ2v) is 6.02. The lowest BCUT2D eigenvalue weighted by atomic mass is 9.98.